The van der Waals surface area contributed by atoms with Crippen LogP contribution in [0, 0.1) is 0 Å². The molecule has 0 aliphatic rings. The minimum Gasteiger partial charge on any atom is -0.366 e. The van der Waals surface area contributed by atoms with Crippen LogP contribution in [0.3, 0.4) is 0 Å². The average Bonchev–Trinajstić information content (AvgIpc) is 2.75. The molecule has 1 aromatic heterocycles. The fourth-order valence-electron chi connectivity index (χ4n) is 1.42. The van der Waals surface area contributed by atoms with E-state index < -0.39 is 15.7 Å². The summed E-state index contributed by atoms with van der Waals surface area (Å²) in [6, 6.07) is 2.52. The summed E-state index contributed by atoms with van der Waals surface area (Å²) in [7, 11) is -4.03. The Labute approximate surface area is 136 Å². The van der Waals surface area contributed by atoms with Gasteiger partial charge in [-0.05, 0) is 28.1 Å². The van der Waals surface area contributed by atoms with Crippen LogP contribution >= 0.6 is 50.5 Å². The number of amides is 1. The van der Waals surface area contributed by atoms with Gasteiger partial charge in [-0.3, -0.25) is 4.79 Å². The van der Waals surface area contributed by atoms with Crippen LogP contribution in [0.1, 0.15) is 10.4 Å². The molecule has 1 amide bonds. The van der Waals surface area contributed by atoms with Gasteiger partial charge in [0.2, 0.25) is 20.1 Å². The van der Waals surface area contributed by atoms with Gasteiger partial charge in [0.25, 0.3) is 0 Å². The molecule has 2 aromatic rings. The second-order valence-corrected chi connectivity index (χ2v) is 8.79. The third-order valence-electron chi connectivity index (χ3n) is 2.27. The van der Waals surface area contributed by atoms with E-state index in [1.807, 2.05) is 0 Å². The molecule has 0 saturated carbocycles. The lowest BCUT2D eigenvalue weighted by Crippen LogP contribution is -2.14. The van der Waals surface area contributed by atoms with E-state index in [-0.39, 0.29) is 24.8 Å². The highest BCUT2D eigenvalue weighted by atomic mass is 79.9. The molecule has 0 spiro atoms. The van der Waals surface area contributed by atoms with Crippen LogP contribution in [0.5, 0.6) is 0 Å². The van der Waals surface area contributed by atoms with Gasteiger partial charge in [0.05, 0.1) is 25.6 Å². The van der Waals surface area contributed by atoms with Crippen LogP contribution in [0.2, 0.25) is 10.0 Å². The zero-order valence-electron chi connectivity index (χ0n) is 9.43. The first-order chi connectivity index (χ1) is 9.25. The number of primary amides is 1. The Hall–Kier alpha value is -0.670. The summed E-state index contributed by atoms with van der Waals surface area (Å²) < 4.78 is 25.3. The second-order valence-electron chi connectivity index (χ2n) is 3.54. The average molecular weight is 416 g/mol. The van der Waals surface area contributed by atoms with E-state index in [0.29, 0.717) is 3.79 Å². The molecule has 0 aliphatic carbocycles. The second kappa shape index (κ2) is 5.61. The maximum atomic E-state index is 12.5. The SMILES string of the molecule is NC(=O)c1ccc(Cl)c(S(=O)(=O)c2ncc(Br)s2)c1Cl. The fourth-order valence-corrected chi connectivity index (χ4v) is 5.75. The van der Waals surface area contributed by atoms with Crippen molar-refractivity contribution in [2.24, 2.45) is 5.73 Å². The zero-order valence-corrected chi connectivity index (χ0v) is 14.2. The predicted octanol–water partition coefficient (Wildman–Crippen LogP) is 3.14. The van der Waals surface area contributed by atoms with Gasteiger partial charge in [-0.1, -0.05) is 34.5 Å². The lowest BCUT2D eigenvalue weighted by molar-refractivity contribution is 0.100. The molecule has 1 heterocycles. The Morgan fingerprint density at radius 3 is 2.50 bits per heavy atom. The number of aromatic nitrogens is 1. The van der Waals surface area contributed by atoms with Crippen molar-refractivity contribution in [2.45, 2.75) is 9.24 Å². The molecule has 10 heteroatoms. The first kappa shape index (κ1) is 15.7. The number of nitrogens with two attached hydrogens (primary N) is 1. The quantitative estimate of drug-likeness (QED) is 0.833. The summed E-state index contributed by atoms with van der Waals surface area (Å²) in [5.41, 5.74) is 5.02. The molecular formula is C10H5BrCl2N2O3S2. The number of thiazole rings is 1. The molecule has 0 fully saturated rings. The Morgan fingerprint density at radius 2 is 2.00 bits per heavy atom. The molecule has 0 bridgehead atoms. The summed E-state index contributed by atoms with van der Waals surface area (Å²) in [5.74, 6) is -0.844. The number of hydrogen-bond donors (Lipinski definition) is 1. The van der Waals surface area contributed by atoms with Gasteiger partial charge >= 0.3 is 0 Å². The van der Waals surface area contributed by atoms with Crippen LogP contribution in [0.25, 0.3) is 0 Å². The van der Waals surface area contributed by atoms with E-state index in [4.69, 9.17) is 28.9 Å². The van der Waals surface area contributed by atoms with Crippen molar-refractivity contribution in [1.82, 2.24) is 4.98 Å². The summed E-state index contributed by atoms with van der Waals surface area (Å²) in [5, 5.41) is -0.414. The van der Waals surface area contributed by atoms with E-state index in [1.165, 1.54) is 18.3 Å². The number of benzene rings is 1. The van der Waals surface area contributed by atoms with Crippen molar-refractivity contribution in [3.8, 4) is 0 Å². The topological polar surface area (TPSA) is 90.1 Å². The number of carbonyl (C=O) groups excluding carboxylic acids is 1. The van der Waals surface area contributed by atoms with E-state index in [2.05, 4.69) is 20.9 Å². The number of nitrogens with zero attached hydrogens (tertiary/aromatic N) is 1. The lowest BCUT2D eigenvalue weighted by atomic mass is 10.2. The highest BCUT2D eigenvalue weighted by molar-refractivity contribution is 9.11. The molecule has 0 radical (unpaired) electrons. The lowest BCUT2D eigenvalue weighted by Gasteiger charge is -2.09. The Bertz CT molecular complexity index is 805. The van der Waals surface area contributed by atoms with E-state index in [1.54, 1.807) is 0 Å². The zero-order chi connectivity index (χ0) is 15.1. The van der Waals surface area contributed by atoms with Gasteiger partial charge in [-0.2, -0.15) is 0 Å². The standard InChI is InChI=1S/C10H5BrCl2N2O3S2/c11-6-3-15-10(19-6)20(17,18)8-5(12)2-1-4(7(8)13)9(14)16/h1-3H,(H2,14,16). The van der Waals surface area contributed by atoms with Gasteiger partial charge in [0.1, 0.15) is 4.90 Å². The van der Waals surface area contributed by atoms with Crippen LogP contribution in [-0.4, -0.2) is 19.3 Å². The van der Waals surface area contributed by atoms with Crippen LogP contribution in [0.15, 0.2) is 31.4 Å². The van der Waals surface area contributed by atoms with Crippen molar-refractivity contribution < 1.29 is 13.2 Å². The fraction of sp³-hybridized carbons (Fsp3) is 0. The van der Waals surface area contributed by atoms with Crippen molar-refractivity contribution in [3.05, 3.63) is 37.7 Å². The van der Waals surface area contributed by atoms with Crippen molar-refractivity contribution in [3.63, 3.8) is 0 Å². The number of sulfone groups is 1. The summed E-state index contributed by atoms with van der Waals surface area (Å²) >= 11 is 15.9. The Morgan fingerprint density at radius 1 is 1.35 bits per heavy atom. The van der Waals surface area contributed by atoms with Crippen molar-refractivity contribution in [1.29, 1.82) is 0 Å². The van der Waals surface area contributed by atoms with E-state index in [0.717, 1.165) is 11.3 Å². The maximum absolute atomic E-state index is 12.5. The number of hydrogen-bond acceptors (Lipinski definition) is 5. The Balaban J connectivity index is 2.75. The highest BCUT2D eigenvalue weighted by Crippen LogP contribution is 2.37. The molecule has 20 heavy (non-hydrogen) atoms. The minimum atomic E-state index is -4.03. The molecule has 0 atom stereocenters. The minimum absolute atomic E-state index is 0.105. The molecule has 1 aromatic carbocycles. The number of halogens is 3. The molecular weight excluding hydrogens is 411 g/mol. The molecule has 5 nitrogen and oxygen atoms in total. The van der Waals surface area contributed by atoms with Crippen LogP contribution < -0.4 is 5.73 Å². The van der Waals surface area contributed by atoms with E-state index >= 15 is 0 Å². The third-order valence-corrected chi connectivity index (χ3v) is 6.91. The van der Waals surface area contributed by atoms with Crippen LogP contribution in [-0.2, 0) is 9.84 Å². The van der Waals surface area contributed by atoms with Gasteiger partial charge in [-0.15, -0.1) is 0 Å². The predicted molar refractivity (Wildman–Crippen MR) is 80.2 cm³/mol. The number of rotatable bonds is 3. The monoisotopic (exact) mass is 414 g/mol. The normalized spacial score (nSPS) is 11.6. The molecule has 0 saturated heterocycles. The van der Waals surface area contributed by atoms with Crippen LogP contribution in [0.4, 0.5) is 0 Å². The van der Waals surface area contributed by atoms with Gasteiger partial charge < -0.3 is 5.73 Å². The third kappa shape index (κ3) is 2.71. The summed E-state index contributed by atoms with van der Waals surface area (Å²) in [6.45, 7) is 0. The number of carbonyl (C=O) groups is 1. The molecule has 2 rings (SSSR count). The largest absolute Gasteiger partial charge is 0.366 e. The van der Waals surface area contributed by atoms with Gasteiger partial charge in [-0.25, -0.2) is 13.4 Å². The smallest absolute Gasteiger partial charge is 0.250 e. The highest BCUT2D eigenvalue weighted by Gasteiger charge is 2.29. The molecule has 106 valence electrons. The molecule has 0 unspecified atom stereocenters. The van der Waals surface area contributed by atoms with Crippen molar-refractivity contribution >= 4 is 66.2 Å². The molecule has 2 N–H and O–H groups in total. The first-order valence-electron chi connectivity index (χ1n) is 4.89. The van der Waals surface area contributed by atoms with E-state index in [9.17, 15) is 13.2 Å². The maximum Gasteiger partial charge on any atom is 0.250 e. The Kier molecular flexibility index (Phi) is 4.41. The van der Waals surface area contributed by atoms with Gasteiger partial charge in [0, 0.05) is 0 Å². The summed E-state index contributed by atoms with van der Waals surface area (Å²) in [4.78, 5) is 14.6. The molecule has 0 aliphatic heterocycles. The van der Waals surface area contributed by atoms with Gasteiger partial charge in [0.15, 0.2) is 0 Å². The summed E-state index contributed by atoms with van der Waals surface area (Å²) in [6.07, 6.45) is 1.34. The first-order valence-corrected chi connectivity index (χ1v) is 8.74. The van der Waals surface area contributed by atoms with Crippen molar-refractivity contribution in [2.75, 3.05) is 0 Å².